The Labute approximate surface area is 157 Å². The van der Waals surface area contributed by atoms with Crippen LogP contribution in [0.3, 0.4) is 0 Å². The van der Waals surface area contributed by atoms with Crippen molar-refractivity contribution in [1.82, 2.24) is 10.2 Å². The molecule has 0 aromatic heterocycles. The van der Waals surface area contributed by atoms with Crippen molar-refractivity contribution in [3.05, 3.63) is 46.8 Å². The van der Waals surface area contributed by atoms with Gasteiger partial charge < -0.3 is 26.8 Å². The fourth-order valence-corrected chi connectivity index (χ4v) is 3.20. The molecule has 1 unspecified atom stereocenters. The Kier molecular flexibility index (Phi) is 6.64. The molecular weight excluding hydrogens is 357 g/mol. The van der Waals surface area contributed by atoms with Gasteiger partial charge in [0.05, 0.1) is 11.4 Å². The van der Waals surface area contributed by atoms with E-state index in [1.165, 1.54) is 0 Å². The highest BCUT2D eigenvalue weighted by molar-refractivity contribution is 5.72. The van der Waals surface area contributed by atoms with Gasteiger partial charge in [-0.25, -0.2) is 0 Å². The molecule has 1 saturated heterocycles. The third-order valence-electron chi connectivity index (χ3n) is 4.74. The van der Waals surface area contributed by atoms with Crippen molar-refractivity contribution in [2.24, 2.45) is 11.5 Å². The first-order valence-corrected chi connectivity index (χ1v) is 8.94. The van der Waals surface area contributed by atoms with Crippen molar-refractivity contribution in [3.63, 3.8) is 0 Å². The Bertz CT molecular complexity index is 728. The summed E-state index contributed by atoms with van der Waals surface area (Å²) in [5, 5.41) is 13.2. The van der Waals surface area contributed by atoms with Crippen LogP contribution < -0.4 is 16.8 Å². The van der Waals surface area contributed by atoms with E-state index in [0.717, 1.165) is 44.6 Å². The number of phenols is 1. The molecule has 1 atom stereocenters. The van der Waals surface area contributed by atoms with E-state index in [0.29, 0.717) is 17.5 Å². The molecule has 1 aliphatic heterocycles. The minimum Gasteiger partial charge on any atom is -0.507 e. The Morgan fingerprint density at radius 1 is 1.37 bits per heavy atom. The van der Waals surface area contributed by atoms with E-state index in [9.17, 15) is 18.3 Å². The number of likely N-dealkylation sites (tertiary alicyclic amines) is 1. The number of rotatable bonds is 5. The quantitative estimate of drug-likeness (QED) is 0.587. The molecule has 0 bridgehead atoms. The molecule has 8 heteroatoms. The van der Waals surface area contributed by atoms with Gasteiger partial charge in [0.15, 0.2) is 0 Å². The molecule has 0 amide bonds. The van der Waals surface area contributed by atoms with Crippen LogP contribution in [0.1, 0.15) is 37.8 Å². The molecule has 5 nitrogen and oxygen atoms in total. The highest BCUT2D eigenvalue weighted by Gasteiger charge is 2.31. The number of alkyl halides is 3. The predicted octanol–water partition coefficient (Wildman–Crippen LogP) is 2.97. The van der Waals surface area contributed by atoms with E-state index < -0.39 is 17.5 Å². The van der Waals surface area contributed by atoms with Crippen molar-refractivity contribution >= 4 is 5.70 Å². The highest BCUT2D eigenvalue weighted by atomic mass is 19.4. The van der Waals surface area contributed by atoms with Gasteiger partial charge in [-0.1, -0.05) is 6.92 Å². The summed E-state index contributed by atoms with van der Waals surface area (Å²) in [5.41, 5.74) is 12.0. The van der Waals surface area contributed by atoms with Crippen molar-refractivity contribution in [1.29, 1.82) is 0 Å². The monoisotopic (exact) mass is 384 g/mol. The molecule has 0 radical (unpaired) electrons. The molecule has 1 aliphatic rings. The van der Waals surface area contributed by atoms with Gasteiger partial charge in [-0.3, -0.25) is 0 Å². The van der Waals surface area contributed by atoms with Crippen LogP contribution in [0.15, 0.2) is 35.7 Å². The molecule has 150 valence electrons. The molecule has 1 heterocycles. The van der Waals surface area contributed by atoms with Crippen molar-refractivity contribution < 1.29 is 18.3 Å². The topological polar surface area (TPSA) is 87.5 Å². The average molecular weight is 384 g/mol. The second-order valence-electron chi connectivity index (χ2n) is 6.80. The fourth-order valence-electron chi connectivity index (χ4n) is 3.20. The Morgan fingerprint density at radius 3 is 2.67 bits per heavy atom. The molecule has 0 spiro atoms. The lowest BCUT2D eigenvalue weighted by molar-refractivity contribution is -0.137. The first-order chi connectivity index (χ1) is 12.6. The molecule has 1 aromatic rings. The Hall–Kier alpha value is -2.35. The minimum atomic E-state index is -4.52. The molecule has 2 rings (SSSR count). The number of likely N-dealkylation sites (N-methyl/N-ethyl adjacent to an activating group) is 1. The minimum absolute atomic E-state index is 0.138. The number of benzene rings is 1. The van der Waals surface area contributed by atoms with Crippen molar-refractivity contribution in [2.45, 2.75) is 38.9 Å². The van der Waals surface area contributed by atoms with E-state index in [4.69, 9.17) is 11.5 Å². The summed E-state index contributed by atoms with van der Waals surface area (Å²) < 4.78 is 38.1. The average Bonchev–Trinajstić information content (AvgIpc) is 2.60. The van der Waals surface area contributed by atoms with Gasteiger partial charge in [0.2, 0.25) is 0 Å². The number of hydrogen-bond acceptors (Lipinski definition) is 5. The number of nitrogens with one attached hydrogen (secondary N) is 1. The van der Waals surface area contributed by atoms with E-state index in [2.05, 4.69) is 17.1 Å². The summed E-state index contributed by atoms with van der Waals surface area (Å²) in [6.45, 7) is 6.78. The maximum Gasteiger partial charge on any atom is 0.416 e. The zero-order chi connectivity index (χ0) is 20.2. The van der Waals surface area contributed by atoms with Crippen LogP contribution in [0.4, 0.5) is 13.2 Å². The van der Waals surface area contributed by atoms with Crippen LogP contribution in [0.25, 0.3) is 5.70 Å². The van der Waals surface area contributed by atoms with Gasteiger partial charge in [0.1, 0.15) is 5.75 Å². The van der Waals surface area contributed by atoms with Crippen LogP contribution in [0.2, 0.25) is 0 Å². The maximum absolute atomic E-state index is 12.7. The predicted molar refractivity (Wildman–Crippen MR) is 100 cm³/mol. The van der Waals surface area contributed by atoms with Crippen LogP contribution in [-0.2, 0) is 6.18 Å². The summed E-state index contributed by atoms with van der Waals surface area (Å²) in [6, 6.07) is 2.96. The molecule has 0 aliphatic carbocycles. The van der Waals surface area contributed by atoms with Gasteiger partial charge in [0.25, 0.3) is 0 Å². The summed E-state index contributed by atoms with van der Waals surface area (Å²) in [6.07, 6.45) is -0.778. The van der Waals surface area contributed by atoms with Gasteiger partial charge in [-0.15, -0.1) is 0 Å². The van der Waals surface area contributed by atoms with Crippen LogP contribution >= 0.6 is 0 Å². The maximum atomic E-state index is 12.7. The number of nitrogens with two attached hydrogens (primary N) is 2. The number of allylic oxidation sites excluding steroid dienone is 2. The molecule has 1 fully saturated rings. The summed E-state index contributed by atoms with van der Waals surface area (Å²) in [4.78, 5) is 2.34. The molecule has 0 saturated carbocycles. The first kappa shape index (κ1) is 21.0. The normalized spacial score (nSPS) is 20.3. The summed E-state index contributed by atoms with van der Waals surface area (Å²) in [7, 11) is 0. The van der Waals surface area contributed by atoms with E-state index in [1.807, 2.05) is 0 Å². The van der Waals surface area contributed by atoms with Crippen LogP contribution in [0.5, 0.6) is 5.75 Å². The van der Waals surface area contributed by atoms with Gasteiger partial charge >= 0.3 is 6.18 Å². The second kappa shape index (κ2) is 8.56. The van der Waals surface area contributed by atoms with Gasteiger partial charge in [0, 0.05) is 23.8 Å². The lowest BCUT2D eigenvalue weighted by Gasteiger charge is -2.32. The standard InChI is InChI=1S/C19H27F3N4O/c1-3-26-8-4-5-14(11-26)25-17(23)9-12(2)18(24)15-7-6-13(10-16(15)27)19(20,21)22/h6-7,9-10,14,25,27H,3-5,8,11,23-24H2,1-2H3/b17-9+,18-12-. The zero-order valence-corrected chi connectivity index (χ0v) is 15.6. The third-order valence-corrected chi connectivity index (χ3v) is 4.74. The van der Waals surface area contributed by atoms with Gasteiger partial charge in [-0.2, -0.15) is 13.2 Å². The van der Waals surface area contributed by atoms with E-state index in [-0.39, 0.29) is 17.3 Å². The smallest absolute Gasteiger partial charge is 0.416 e. The molecule has 6 N–H and O–H groups in total. The molecule has 1 aromatic carbocycles. The van der Waals surface area contributed by atoms with Crippen molar-refractivity contribution in [3.8, 4) is 5.75 Å². The molecule has 27 heavy (non-hydrogen) atoms. The second-order valence-corrected chi connectivity index (χ2v) is 6.80. The number of piperidine rings is 1. The van der Waals surface area contributed by atoms with Gasteiger partial charge in [-0.05, 0) is 62.7 Å². The van der Waals surface area contributed by atoms with Crippen LogP contribution in [-0.4, -0.2) is 35.7 Å². The molecular formula is C19H27F3N4O. The summed E-state index contributed by atoms with van der Waals surface area (Å²) in [5.74, 6) is -0.0859. The number of aromatic hydroxyl groups is 1. The first-order valence-electron chi connectivity index (χ1n) is 8.94. The Morgan fingerprint density at radius 2 is 2.07 bits per heavy atom. The van der Waals surface area contributed by atoms with Crippen molar-refractivity contribution in [2.75, 3.05) is 19.6 Å². The van der Waals surface area contributed by atoms with Crippen LogP contribution in [0, 0.1) is 0 Å². The number of halogens is 3. The summed E-state index contributed by atoms with van der Waals surface area (Å²) >= 11 is 0. The number of phenolic OH excluding ortho intramolecular Hbond substituents is 1. The SMILES string of the molecule is CCN1CCCC(N/C(N)=C/C(C)=C(\N)c2ccc(C(F)(F)F)cc2O)C1. The lowest BCUT2D eigenvalue weighted by atomic mass is 10.0. The fraction of sp³-hybridized carbons (Fsp3) is 0.474. The number of hydrogen-bond donors (Lipinski definition) is 4. The number of nitrogens with zero attached hydrogens (tertiary/aromatic N) is 1. The lowest BCUT2D eigenvalue weighted by Crippen LogP contribution is -2.46. The highest BCUT2D eigenvalue weighted by Crippen LogP contribution is 2.34. The van der Waals surface area contributed by atoms with E-state index >= 15 is 0 Å². The van der Waals surface area contributed by atoms with E-state index in [1.54, 1.807) is 13.0 Å². The Balaban J connectivity index is 2.15. The zero-order valence-electron chi connectivity index (χ0n) is 15.6. The largest absolute Gasteiger partial charge is 0.507 e. The third kappa shape index (κ3) is 5.56.